The first-order chi connectivity index (χ1) is 17.6. The molecule has 0 radical (unpaired) electrons. The van der Waals surface area contributed by atoms with E-state index >= 15 is 0 Å². The summed E-state index contributed by atoms with van der Waals surface area (Å²) >= 11 is 0. The topological polar surface area (TPSA) is 63.6 Å². The summed E-state index contributed by atoms with van der Waals surface area (Å²) in [6, 6.07) is 14.9. The molecule has 0 saturated heterocycles. The van der Waals surface area contributed by atoms with Gasteiger partial charge in [0, 0.05) is 5.41 Å². The van der Waals surface area contributed by atoms with Crippen LogP contribution in [-0.2, 0) is 9.53 Å². The van der Waals surface area contributed by atoms with Gasteiger partial charge >= 0.3 is 5.97 Å². The van der Waals surface area contributed by atoms with Gasteiger partial charge < -0.3 is 9.84 Å². The number of benzene rings is 2. The predicted octanol–water partition coefficient (Wildman–Crippen LogP) is 8.31. The minimum absolute atomic E-state index is 0.0227. The molecule has 0 amide bonds. The third-order valence-electron chi connectivity index (χ3n) is 8.62. The zero-order chi connectivity index (χ0) is 27.1. The van der Waals surface area contributed by atoms with Crippen molar-refractivity contribution in [3.63, 3.8) is 0 Å². The average Bonchev–Trinajstić information content (AvgIpc) is 3.19. The molecule has 200 valence electrons. The molecule has 0 aromatic heterocycles. The fraction of sp³-hybridized carbons (Fsp3) is 0.515. The Kier molecular flexibility index (Phi) is 9.75. The molecule has 37 heavy (non-hydrogen) atoms. The van der Waals surface area contributed by atoms with Crippen LogP contribution in [0.2, 0.25) is 0 Å². The molecule has 2 atom stereocenters. The Hall–Kier alpha value is -2.88. The first-order valence-corrected chi connectivity index (χ1v) is 13.9. The Morgan fingerprint density at radius 2 is 1.65 bits per heavy atom. The number of aromatic hydroxyl groups is 1. The third kappa shape index (κ3) is 6.52. The van der Waals surface area contributed by atoms with Crippen molar-refractivity contribution in [1.29, 1.82) is 0 Å². The van der Waals surface area contributed by atoms with Crippen LogP contribution in [0, 0.1) is 23.7 Å². The number of esters is 1. The highest BCUT2D eigenvalue weighted by Crippen LogP contribution is 2.65. The summed E-state index contributed by atoms with van der Waals surface area (Å²) in [4.78, 5) is 24.3. The Bertz CT molecular complexity index is 1100. The van der Waals surface area contributed by atoms with Crippen molar-refractivity contribution in [3.8, 4) is 5.75 Å². The number of hydrogen-bond donors (Lipinski definition) is 1. The van der Waals surface area contributed by atoms with Crippen molar-refractivity contribution >= 4 is 17.8 Å². The lowest BCUT2D eigenvalue weighted by molar-refractivity contribution is -0.125. The smallest absolute Gasteiger partial charge is 0.341 e. The van der Waals surface area contributed by atoms with Crippen LogP contribution in [-0.4, -0.2) is 23.5 Å². The molecule has 4 heteroatoms. The van der Waals surface area contributed by atoms with Gasteiger partial charge in [-0.3, -0.25) is 4.79 Å². The number of phenolic OH excluding ortho intramolecular Hbond substituents is 1. The Balaban J connectivity index is 0.000000206. The van der Waals surface area contributed by atoms with E-state index in [0.29, 0.717) is 18.3 Å². The SMILES string of the molecule is CCCCCCCCOC(=O)c1ccccc1O.Cc1ccc(C=C2C(=O)C3(C)CCC2C3(C)C)cc1. The molecule has 2 aromatic rings. The van der Waals surface area contributed by atoms with Gasteiger partial charge in [0.15, 0.2) is 5.78 Å². The van der Waals surface area contributed by atoms with E-state index in [2.05, 4.69) is 65.0 Å². The zero-order valence-corrected chi connectivity index (χ0v) is 23.3. The average molecular weight is 505 g/mol. The van der Waals surface area contributed by atoms with Gasteiger partial charge in [0.1, 0.15) is 11.3 Å². The summed E-state index contributed by atoms with van der Waals surface area (Å²) in [6.07, 6.45) is 11.3. The molecule has 0 heterocycles. The highest BCUT2D eigenvalue weighted by atomic mass is 16.5. The van der Waals surface area contributed by atoms with Crippen molar-refractivity contribution in [2.75, 3.05) is 6.61 Å². The Morgan fingerprint density at radius 1 is 1.00 bits per heavy atom. The molecular weight excluding hydrogens is 460 g/mol. The fourth-order valence-electron chi connectivity index (χ4n) is 5.71. The van der Waals surface area contributed by atoms with Gasteiger partial charge in [-0.1, -0.05) is 102 Å². The number of rotatable bonds is 9. The first-order valence-electron chi connectivity index (χ1n) is 13.9. The Labute approximate surface area is 223 Å². The number of aryl methyl sites for hydroxylation is 1. The van der Waals surface area contributed by atoms with Crippen LogP contribution in [0.4, 0.5) is 0 Å². The first kappa shape index (κ1) is 28.7. The van der Waals surface area contributed by atoms with Crippen molar-refractivity contribution in [2.24, 2.45) is 16.7 Å². The number of Topliss-reactive ketones (excluding diaryl/α,β-unsaturated/α-hetero) is 1. The largest absolute Gasteiger partial charge is 0.507 e. The number of ether oxygens (including phenoxy) is 1. The number of ketones is 1. The molecule has 1 N–H and O–H groups in total. The summed E-state index contributed by atoms with van der Waals surface area (Å²) in [6.45, 7) is 11.4. The summed E-state index contributed by atoms with van der Waals surface area (Å²) in [7, 11) is 0. The number of unbranched alkanes of at least 4 members (excludes halogenated alkanes) is 5. The molecule has 4 rings (SSSR count). The molecule has 2 aromatic carbocycles. The van der Waals surface area contributed by atoms with E-state index in [-0.39, 0.29) is 22.1 Å². The molecule has 2 fully saturated rings. The van der Waals surface area contributed by atoms with Gasteiger partial charge in [-0.2, -0.15) is 0 Å². The monoisotopic (exact) mass is 504 g/mol. The van der Waals surface area contributed by atoms with Crippen LogP contribution < -0.4 is 0 Å². The second kappa shape index (κ2) is 12.6. The van der Waals surface area contributed by atoms with E-state index in [0.717, 1.165) is 36.8 Å². The number of carbonyl (C=O) groups is 2. The van der Waals surface area contributed by atoms with E-state index in [1.807, 2.05) is 0 Å². The molecule has 2 aliphatic rings. The fourth-order valence-corrected chi connectivity index (χ4v) is 5.71. The number of carbonyl (C=O) groups excluding carboxylic acids is 2. The van der Waals surface area contributed by atoms with Crippen LogP contribution >= 0.6 is 0 Å². The van der Waals surface area contributed by atoms with Crippen molar-refractivity contribution in [1.82, 2.24) is 0 Å². The molecule has 0 aliphatic heterocycles. The summed E-state index contributed by atoms with van der Waals surface area (Å²) < 4.78 is 5.12. The van der Waals surface area contributed by atoms with E-state index in [4.69, 9.17) is 4.74 Å². The molecule has 2 bridgehead atoms. The van der Waals surface area contributed by atoms with E-state index in [1.54, 1.807) is 18.2 Å². The minimum atomic E-state index is -0.443. The molecule has 2 aliphatic carbocycles. The number of para-hydroxylation sites is 1. The molecular formula is C33H44O4. The standard InChI is InChI=1S/C18H22O.C15H22O3/c1-12-5-7-13(8-6-12)11-14-15-9-10-18(4,16(14)19)17(15,2)3;1-2-3-4-5-6-9-12-18-15(17)13-10-7-8-11-14(13)16/h5-8,11,15H,9-10H2,1-4H3;7-8,10-11,16H,2-6,9,12H2,1H3. The van der Waals surface area contributed by atoms with Gasteiger partial charge in [0.05, 0.1) is 6.61 Å². The van der Waals surface area contributed by atoms with Gasteiger partial charge in [0.2, 0.25) is 0 Å². The molecule has 2 unspecified atom stereocenters. The highest BCUT2D eigenvalue weighted by molar-refractivity contribution is 6.07. The van der Waals surface area contributed by atoms with Crippen LogP contribution in [0.25, 0.3) is 6.08 Å². The molecule has 4 nitrogen and oxygen atoms in total. The summed E-state index contributed by atoms with van der Waals surface area (Å²) in [5.74, 6) is 0.354. The Morgan fingerprint density at radius 3 is 2.27 bits per heavy atom. The van der Waals surface area contributed by atoms with Crippen molar-refractivity contribution in [3.05, 3.63) is 70.8 Å². The lowest BCUT2D eigenvalue weighted by Gasteiger charge is -2.31. The van der Waals surface area contributed by atoms with Crippen LogP contribution in [0.1, 0.15) is 101 Å². The van der Waals surface area contributed by atoms with Crippen LogP contribution in [0.5, 0.6) is 5.75 Å². The van der Waals surface area contributed by atoms with Gasteiger partial charge in [-0.05, 0) is 66.9 Å². The van der Waals surface area contributed by atoms with Crippen molar-refractivity contribution < 1.29 is 19.4 Å². The number of fused-ring (bicyclic) bond motifs is 2. The number of phenols is 1. The maximum absolute atomic E-state index is 12.7. The van der Waals surface area contributed by atoms with E-state index in [9.17, 15) is 14.7 Å². The summed E-state index contributed by atoms with van der Waals surface area (Å²) in [5, 5.41) is 9.48. The normalized spacial score (nSPS) is 22.6. The second-order valence-corrected chi connectivity index (χ2v) is 11.4. The van der Waals surface area contributed by atoms with Crippen molar-refractivity contribution in [2.45, 2.75) is 86.0 Å². The quantitative estimate of drug-likeness (QED) is 0.212. The maximum atomic E-state index is 12.7. The number of hydrogen-bond acceptors (Lipinski definition) is 4. The third-order valence-corrected chi connectivity index (χ3v) is 8.62. The molecule has 0 spiro atoms. The lowest BCUT2D eigenvalue weighted by atomic mass is 9.70. The van der Waals surface area contributed by atoms with Gasteiger partial charge in [0.25, 0.3) is 0 Å². The lowest BCUT2D eigenvalue weighted by Crippen LogP contribution is -2.32. The highest BCUT2D eigenvalue weighted by Gasteiger charge is 2.63. The maximum Gasteiger partial charge on any atom is 0.341 e. The molecule has 2 saturated carbocycles. The zero-order valence-electron chi connectivity index (χ0n) is 23.3. The minimum Gasteiger partial charge on any atom is -0.507 e. The number of allylic oxidation sites excluding steroid dienone is 1. The van der Waals surface area contributed by atoms with Gasteiger partial charge in [-0.15, -0.1) is 0 Å². The van der Waals surface area contributed by atoms with Crippen LogP contribution in [0.15, 0.2) is 54.1 Å². The predicted molar refractivity (Wildman–Crippen MR) is 151 cm³/mol. The second-order valence-electron chi connectivity index (χ2n) is 11.4. The van der Waals surface area contributed by atoms with Gasteiger partial charge in [-0.25, -0.2) is 4.79 Å². The van der Waals surface area contributed by atoms with Crippen LogP contribution in [0.3, 0.4) is 0 Å². The van der Waals surface area contributed by atoms with E-state index < -0.39 is 5.97 Å². The summed E-state index contributed by atoms with van der Waals surface area (Å²) in [5.41, 5.74) is 3.68. The van der Waals surface area contributed by atoms with E-state index in [1.165, 1.54) is 37.3 Å².